The fraction of sp³-hybridized carbons (Fsp3) is 0.308. The molecule has 1 aromatic heterocycles. The average Bonchev–Trinajstić information content (AvgIpc) is 2.48. The van der Waals surface area contributed by atoms with Gasteiger partial charge in [0.15, 0.2) is 0 Å². The molecular formula is C13H15BCl2N2O2S. The number of nitrogens with zero attached hydrogens (tertiary/aromatic N) is 1. The predicted molar refractivity (Wildman–Crippen MR) is 89.2 cm³/mol. The van der Waals surface area contributed by atoms with Crippen LogP contribution in [0.25, 0.3) is 10.7 Å². The molecule has 0 spiro atoms. The minimum absolute atomic E-state index is 0. The molecule has 112 valence electrons. The summed E-state index contributed by atoms with van der Waals surface area (Å²) in [6.45, 7) is 4.18. The molecule has 2 heterocycles. The monoisotopic (exact) mass is 344 g/mol. The van der Waals surface area contributed by atoms with Crippen LogP contribution in [0.2, 0.25) is 5.02 Å². The summed E-state index contributed by atoms with van der Waals surface area (Å²) < 4.78 is 26.7. The van der Waals surface area contributed by atoms with Crippen molar-refractivity contribution in [2.24, 2.45) is 0 Å². The van der Waals surface area contributed by atoms with Crippen LogP contribution < -0.4 is 5.32 Å². The summed E-state index contributed by atoms with van der Waals surface area (Å²) in [5, 5.41) is 5.50. The van der Waals surface area contributed by atoms with E-state index < -0.39 is 10.0 Å². The Bertz CT molecular complexity index is 749. The van der Waals surface area contributed by atoms with Gasteiger partial charge in [0.25, 0.3) is 0 Å². The van der Waals surface area contributed by atoms with Crippen LogP contribution in [0, 0.1) is 0 Å². The van der Waals surface area contributed by atoms with Crippen molar-refractivity contribution in [1.82, 2.24) is 9.62 Å². The van der Waals surface area contributed by atoms with Crippen molar-refractivity contribution in [3.05, 3.63) is 35.2 Å². The first-order valence-corrected chi connectivity index (χ1v) is 8.30. The van der Waals surface area contributed by atoms with E-state index in [0.717, 1.165) is 10.7 Å². The van der Waals surface area contributed by atoms with E-state index in [4.69, 9.17) is 11.6 Å². The van der Waals surface area contributed by atoms with Gasteiger partial charge >= 0.3 is 124 Å². The van der Waals surface area contributed by atoms with Crippen molar-refractivity contribution < 1.29 is 8.42 Å². The first-order valence-electron chi connectivity index (χ1n) is 6.48. The summed E-state index contributed by atoms with van der Waals surface area (Å²) in [5.74, 6) is 1.63. The van der Waals surface area contributed by atoms with E-state index >= 15 is 0 Å². The summed E-state index contributed by atoms with van der Waals surface area (Å²) in [6.07, 6.45) is 0. The van der Waals surface area contributed by atoms with Gasteiger partial charge in [-0.2, -0.15) is 0 Å². The molecule has 0 radical (unpaired) electrons. The van der Waals surface area contributed by atoms with Crippen molar-refractivity contribution in [2.45, 2.75) is 4.90 Å². The number of benzene rings is 1. The Hall–Kier alpha value is -0.655. The number of hydrogen-bond acceptors (Lipinski definition) is 3. The second kappa shape index (κ2) is 6.63. The summed E-state index contributed by atoms with van der Waals surface area (Å²) >= 11 is 6.10. The Morgan fingerprint density at radius 2 is 1.95 bits per heavy atom. The molecule has 0 saturated carbocycles. The minimum atomic E-state index is -3.42. The van der Waals surface area contributed by atoms with Gasteiger partial charge in [-0.1, -0.05) is 0 Å². The van der Waals surface area contributed by atoms with Crippen LogP contribution in [0.15, 0.2) is 35.1 Å². The van der Waals surface area contributed by atoms with Crippen LogP contribution in [0.3, 0.4) is 0 Å². The fourth-order valence-electron chi connectivity index (χ4n) is 2.42. The molecule has 1 N–H and O–H groups in total. The number of nitrogens with one attached hydrogen (secondary N) is 1. The van der Waals surface area contributed by atoms with Gasteiger partial charge in [0, 0.05) is 0 Å². The van der Waals surface area contributed by atoms with E-state index in [2.05, 4.69) is 5.32 Å². The number of piperazine rings is 1. The summed E-state index contributed by atoms with van der Waals surface area (Å²) in [6, 6.07) is 7.19. The number of sulfonamides is 1. The third-order valence-corrected chi connectivity index (χ3v) is 5.74. The quantitative estimate of drug-likeness (QED) is 0.904. The molecule has 1 saturated heterocycles. The first kappa shape index (κ1) is 16.7. The van der Waals surface area contributed by atoms with Gasteiger partial charge in [-0.25, -0.2) is 0 Å². The van der Waals surface area contributed by atoms with Crippen molar-refractivity contribution in [3.63, 3.8) is 0 Å². The molecule has 0 amide bonds. The van der Waals surface area contributed by atoms with Gasteiger partial charge in [-0.05, 0) is 0 Å². The van der Waals surface area contributed by atoms with E-state index in [1.165, 1.54) is 4.31 Å². The molecule has 0 bridgehead atoms. The molecule has 1 aromatic carbocycles. The predicted octanol–water partition coefficient (Wildman–Crippen LogP) is 1.85. The Labute approximate surface area is 136 Å². The zero-order valence-electron chi connectivity index (χ0n) is 11.3. The van der Waals surface area contributed by atoms with Gasteiger partial charge in [0.1, 0.15) is 0 Å². The fourth-order valence-corrected chi connectivity index (χ4v) is 4.14. The summed E-state index contributed by atoms with van der Waals surface area (Å²) in [7, 11) is -3.42. The summed E-state index contributed by atoms with van der Waals surface area (Å²) in [5.41, 5.74) is 0. The molecule has 3 rings (SSSR count). The SMILES string of the molecule is Cl.O=S(=O)(c1cbc2c(Cl)cccc2c1)N1CCNCC1. The summed E-state index contributed by atoms with van der Waals surface area (Å²) in [4.78, 5) is 0.328. The molecular weight excluding hydrogens is 330 g/mol. The maximum atomic E-state index is 12.6. The van der Waals surface area contributed by atoms with Crippen molar-refractivity contribution in [2.75, 3.05) is 26.2 Å². The second-order valence-electron chi connectivity index (χ2n) is 4.78. The van der Waals surface area contributed by atoms with Crippen molar-refractivity contribution >= 4 is 51.6 Å². The number of hydrogen-bond donors (Lipinski definition) is 1. The molecule has 21 heavy (non-hydrogen) atoms. The third-order valence-electron chi connectivity index (χ3n) is 3.51. The molecule has 0 unspecified atom stereocenters. The molecule has 8 heteroatoms. The Morgan fingerprint density at radius 3 is 2.67 bits per heavy atom. The van der Waals surface area contributed by atoms with E-state index in [9.17, 15) is 8.42 Å². The zero-order chi connectivity index (χ0) is 14.2. The molecule has 1 fully saturated rings. The van der Waals surface area contributed by atoms with Gasteiger partial charge in [-0.15, -0.1) is 12.4 Å². The molecule has 0 atom stereocenters. The number of fused-ring (bicyclic) bond motifs is 1. The molecule has 1 aliphatic heterocycles. The van der Waals surface area contributed by atoms with Crippen LogP contribution in [0.5, 0.6) is 0 Å². The standard InChI is InChI=1S/C13H14BClN2O2S.ClH/c15-12-3-1-2-10-8-11(9-14-13(10)12)20(18,19)17-6-4-16-5-7-17;/h1-3,8-9,16H,4-7H2;1H. The van der Waals surface area contributed by atoms with Crippen LogP contribution in [0.1, 0.15) is 0 Å². The third kappa shape index (κ3) is 3.25. The van der Waals surface area contributed by atoms with Crippen LogP contribution in [-0.4, -0.2) is 45.8 Å². The molecule has 0 aliphatic carbocycles. The van der Waals surface area contributed by atoms with Gasteiger partial charge in [0.2, 0.25) is 0 Å². The Morgan fingerprint density at radius 1 is 1.24 bits per heavy atom. The van der Waals surface area contributed by atoms with Crippen molar-refractivity contribution in [3.8, 4) is 0 Å². The number of halogens is 2. The van der Waals surface area contributed by atoms with Crippen molar-refractivity contribution in [1.29, 1.82) is 0 Å². The van der Waals surface area contributed by atoms with E-state index in [1.807, 2.05) is 12.1 Å². The van der Waals surface area contributed by atoms with E-state index in [-0.39, 0.29) is 12.4 Å². The van der Waals surface area contributed by atoms with Gasteiger partial charge in [0.05, 0.1) is 0 Å². The second-order valence-corrected chi connectivity index (χ2v) is 7.12. The molecule has 2 aromatic rings. The van der Waals surface area contributed by atoms with Crippen LogP contribution in [0.4, 0.5) is 0 Å². The normalized spacial score (nSPS) is 16.4. The van der Waals surface area contributed by atoms with Gasteiger partial charge in [-0.3, -0.25) is 0 Å². The zero-order valence-corrected chi connectivity index (χ0v) is 13.6. The molecule has 1 aliphatic rings. The van der Waals surface area contributed by atoms with E-state index in [0.29, 0.717) is 36.1 Å². The number of rotatable bonds is 2. The average molecular weight is 345 g/mol. The van der Waals surface area contributed by atoms with Crippen LogP contribution >= 0.6 is 24.0 Å². The maximum absolute atomic E-state index is 12.6. The first-order chi connectivity index (χ1) is 9.59. The van der Waals surface area contributed by atoms with Gasteiger partial charge < -0.3 is 0 Å². The Kier molecular flexibility index (Phi) is 5.27. The molecule has 4 nitrogen and oxygen atoms in total. The Balaban J connectivity index is 0.00000161. The van der Waals surface area contributed by atoms with E-state index in [1.54, 1.807) is 25.0 Å². The topological polar surface area (TPSA) is 49.4 Å². The van der Waals surface area contributed by atoms with Crippen LogP contribution in [-0.2, 0) is 10.0 Å².